The van der Waals surface area contributed by atoms with Crippen molar-refractivity contribution in [2.45, 2.75) is 19.4 Å². The van der Waals surface area contributed by atoms with Gasteiger partial charge in [-0.05, 0) is 30.2 Å². The van der Waals surface area contributed by atoms with E-state index in [4.69, 9.17) is 4.74 Å². The highest BCUT2D eigenvalue weighted by molar-refractivity contribution is 5.95. The van der Waals surface area contributed by atoms with E-state index in [9.17, 15) is 14.0 Å². The van der Waals surface area contributed by atoms with Crippen LogP contribution in [0, 0.1) is 5.82 Å². The molecule has 1 heterocycles. The van der Waals surface area contributed by atoms with Crippen LogP contribution in [0.1, 0.15) is 24.1 Å². The highest BCUT2D eigenvalue weighted by atomic mass is 19.1. The summed E-state index contributed by atoms with van der Waals surface area (Å²) in [6, 6.07) is 14.2. The fraction of sp³-hybridized carbons (Fsp3) is 0.200. The zero-order valence-electron chi connectivity index (χ0n) is 14.3. The number of halogens is 1. The molecule has 1 atom stereocenters. The second-order valence-corrected chi connectivity index (χ2v) is 5.99. The molecule has 1 unspecified atom stereocenters. The van der Waals surface area contributed by atoms with E-state index >= 15 is 0 Å². The predicted molar refractivity (Wildman–Crippen MR) is 94.6 cm³/mol. The van der Waals surface area contributed by atoms with E-state index in [1.165, 1.54) is 24.3 Å². The summed E-state index contributed by atoms with van der Waals surface area (Å²) in [6.45, 7) is 1.87. The molecule has 5 nitrogen and oxygen atoms in total. The van der Waals surface area contributed by atoms with Crippen LogP contribution in [-0.2, 0) is 16.0 Å². The van der Waals surface area contributed by atoms with Crippen molar-refractivity contribution in [1.82, 2.24) is 10.6 Å². The smallest absolute Gasteiger partial charge is 0.338 e. The average Bonchev–Trinajstić information content (AvgIpc) is 2.62. The van der Waals surface area contributed by atoms with Crippen LogP contribution in [0.3, 0.4) is 0 Å². The Labute approximate surface area is 150 Å². The molecule has 6 heteroatoms. The Morgan fingerprint density at radius 2 is 1.81 bits per heavy atom. The number of carbonyl (C=O) groups is 2. The molecule has 0 saturated carbocycles. The van der Waals surface area contributed by atoms with Gasteiger partial charge in [0.25, 0.3) is 0 Å². The van der Waals surface area contributed by atoms with Crippen LogP contribution in [0.25, 0.3) is 0 Å². The summed E-state index contributed by atoms with van der Waals surface area (Å²) >= 11 is 0. The van der Waals surface area contributed by atoms with Gasteiger partial charge in [-0.2, -0.15) is 0 Å². The first-order valence-corrected chi connectivity index (χ1v) is 8.29. The number of rotatable bonds is 5. The number of nitrogens with one attached hydrogen (secondary N) is 2. The number of ether oxygens (including phenoxy) is 1. The number of carbonyl (C=O) groups excluding carboxylic acids is 2. The van der Waals surface area contributed by atoms with Gasteiger partial charge in [-0.25, -0.2) is 14.0 Å². The number of urea groups is 1. The molecule has 0 radical (unpaired) electrons. The van der Waals surface area contributed by atoms with Crippen molar-refractivity contribution >= 4 is 12.0 Å². The van der Waals surface area contributed by atoms with Gasteiger partial charge in [0.2, 0.25) is 0 Å². The number of hydrogen-bond acceptors (Lipinski definition) is 3. The van der Waals surface area contributed by atoms with Crippen molar-refractivity contribution in [3.8, 4) is 0 Å². The third-order valence-corrected chi connectivity index (χ3v) is 4.16. The van der Waals surface area contributed by atoms with Gasteiger partial charge in [0.15, 0.2) is 0 Å². The maximum Gasteiger partial charge on any atom is 0.338 e. The Morgan fingerprint density at radius 3 is 2.50 bits per heavy atom. The summed E-state index contributed by atoms with van der Waals surface area (Å²) in [4.78, 5) is 24.4. The molecule has 2 aromatic rings. The Balaban J connectivity index is 1.75. The molecular formula is C20H19FN2O3. The molecule has 0 spiro atoms. The number of esters is 1. The molecule has 3 rings (SSSR count). The molecule has 0 aromatic heterocycles. The molecule has 0 aliphatic carbocycles. The lowest BCUT2D eigenvalue weighted by Crippen LogP contribution is -2.45. The molecule has 2 amide bonds. The highest BCUT2D eigenvalue weighted by Gasteiger charge is 2.32. The minimum atomic E-state index is -0.687. The monoisotopic (exact) mass is 354 g/mol. The normalized spacial score (nSPS) is 16.7. The fourth-order valence-corrected chi connectivity index (χ4v) is 2.85. The van der Waals surface area contributed by atoms with Gasteiger partial charge in [-0.3, -0.25) is 0 Å². The molecule has 26 heavy (non-hydrogen) atoms. The Morgan fingerprint density at radius 1 is 1.12 bits per heavy atom. The summed E-state index contributed by atoms with van der Waals surface area (Å²) in [7, 11) is 0. The van der Waals surface area contributed by atoms with Gasteiger partial charge >= 0.3 is 12.0 Å². The second-order valence-electron chi connectivity index (χ2n) is 5.99. The van der Waals surface area contributed by atoms with Crippen LogP contribution in [-0.4, -0.2) is 18.6 Å². The van der Waals surface area contributed by atoms with Crippen molar-refractivity contribution in [2.24, 2.45) is 0 Å². The number of allylic oxidation sites excluding steroid dienone is 1. The molecule has 0 saturated heterocycles. The standard InChI is InChI=1S/C20H19FN2O3/c1-13-17(19(24)26-12-11-14-5-3-2-4-6-14)18(23-20(25)22-13)15-7-9-16(21)10-8-15/h2-10,18H,11-12H2,1H3,(H2,22,23,25). The average molecular weight is 354 g/mol. The van der Waals surface area contributed by atoms with E-state index < -0.39 is 18.0 Å². The van der Waals surface area contributed by atoms with E-state index in [1.807, 2.05) is 30.3 Å². The summed E-state index contributed by atoms with van der Waals surface area (Å²) in [5, 5.41) is 5.27. The maximum absolute atomic E-state index is 13.2. The SMILES string of the molecule is CC1=C(C(=O)OCCc2ccccc2)C(c2ccc(F)cc2)NC(=O)N1. The van der Waals surface area contributed by atoms with E-state index in [0.29, 0.717) is 23.3 Å². The van der Waals surface area contributed by atoms with E-state index in [-0.39, 0.29) is 12.4 Å². The van der Waals surface area contributed by atoms with Crippen molar-refractivity contribution < 1.29 is 18.7 Å². The first-order chi connectivity index (χ1) is 12.5. The van der Waals surface area contributed by atoms with E-state index in [2.05, 4.69) is 10.6 Å². The molecule has 1 aliphatic heterocycles. The zero-order chi connectivity index (χ0) is 18.5. The summed E-state index contributed by atoms with van der Waals surface area (Å²) in [5.74, 6) is -0.901. The fourth-order valence-electron chi connectivity index (χ4n) is 2.85. The van der Waals surface area contributed by atoms with Gasteiger partial charge < -0.3 is 15.4 Å². The zero-order valence-corrected chi connectivity index (χ0v) is 14.3. The largest absolute Gasteiger partial charge is 0.462 e. The van der Waals surface area contributed by atoms with Crippen LogP contribution >= 0.6 is 0 Å². The first kappa shape index (κ1) is 17.7. The van der Waals surface area contributed by atoms with Crippen LogP contribution in [0.2, 0.25) is 0 Å². The lowest BCUT2D eigenvalue weighted by atomic mass is 9.95. The maximum atomic E-state index is 13.2. The van der Waals surface area contributed by atoms with E-state index in [0.717, 1.165) is 5.56 Å². The number of hydrogen-bond donors (Lipinski definition) is 2. The second kappa shape index (κ2) is 7.82. The molecule has 134 valence electrons. The molecule has 0 bridgehead atoms. The van der Waals surface area contributed by atoms with Crippen molar-refractivity contribution in [1.29, 1.82) is 0 Å². The van der Waals surface area contributed by atoms with Crippen LogP contribution < -0.4 is 10.6 Å². The van der Waals surface area contributed by atoms with Crippen LogP contribution in [0.4, 0.5) is 9.18 Å². The Hall–Kier alpha value is -3.15. The van der Waals surface area contributed by atoms with Crippen molar-refractivity contribution in [3.63, 3.8) is 0 Å². The lowest BCUT2D eigenvalue weighted by Gasteiger charge is -2.28. The number of amides is 2. The summed E-state index contributed by atoms with van der Waals surface area (Å²) in [5.41, 5.74) is 2.41. The predicted octanol–water partition coefficient (Wildman–Crippen LogP) is 3.24. The third kappa shape index (κ3) is 4.08. The Kier molecular flexibility index (Phi) is 5.31. The topological polar surface area (TPSA) is 67.4 Å². The summed E-state index contributed by atoms with van der Waals surface area (Å²) < 4.78 is 18.6. The van der Waals surface area contributed by atoms with Gasteiger partial charge in [0.1, 0.15) is 5.82 Å². The molecule has 0 fully saturated rings. The van der Waals surface area contributed by atoms with Gasteiger partial charge in [0, 0.05) is 12.1 Å². The highest BCUT2D eigenvalue weighted by Crippen LogP contribution is 2.27. The number of benzene rings is 2. The first-order valence-electron chi connectivity index (χ1n) is 8.29. The van der Waals surface area contributed by atoms with Gasteiger partial charge in [-0.15, -0.1) is 0 Å². The quantitative estimate of drug-likeness (QED) is 0.810. The van der Waals surface area contributed by atoms with E-state index in [1.54, 1.807) is 6.92 Å². The van der Waals surface area contributed by atoms with Gasteiger partial charge in [-0.1, -0.05) is 42.5 Å². The minimum absolute atomic E-state index is 0.226. The summed E-state index contributed by atoms with van der Waals surface area (Å²) in [6.07, 6.45) is 0.597. The Bertz CT molecular complexity index is 832. The van der Waals surface area contributed by atoms with Crippen molar-refractivity contribution in [3.05, 3.63) is 82.8 Å². The van der Waals surface area contributed by atoms with Crippen LogP contribution in [0.5, 0.6) is 0 Å². The molecule has 2 N–H and O–H groups in total. The van der Waals surface area contributed by atoms with Crippen LogP contribution in [0.15, 0.2) is 65.9 Å². The molecule has 2 aromatic carbocycles. The minimum Gasteiger partial charge on any atom is -0.462 e. The molecule has 1 aliphatic rings. The lowest BCUT2D eigenvalue weighted by molar-refractivity contribution is -0.139. The molecular weight excluding hydrogens is 335 g/mol. The van der Waals surface area contributed by atoms with Crippen molar-refractivity contribution in [2.75, 3.05) is 6.61 Å². The van der Waals surface area contributed by atoms with Gasteiger partial charge in [0.05, 0.1) is 18.2 Å². The third-order valence-electron chi connectivity index (χ3n) is 4.16.